The lowest BCUT2D eigenvalue weighted by Gasteiger charge is -2.03. The summed E-state index contributed by atoms with van der Waals surface area (Å²) in [5.41, 5.74) is 5.07. The van der Waals surface area contributed by atoms with Gasteiger partial charge in [-0.25, -0.2) is 0 Å². The van der Waals surface area contributed by atoms with Crippen molar-refractivity contribution in [2.45, 2.75) is 32.1 Å². The van der Waals surface area contributed by atoms with E-state index in [9.17, 15) is 14.4 Å². The highest BCUT2D eigenvalue weighted by atomic mass is 16.5. The van der Waals surface area contributed by atoms with Crippen LogP contribution in [-0.4, -0.2) is 36.0 Å². The molecule has 0 amide bonds. The van der Waals surface area contributed by atoms with E-state index in [-0.39, 0.29) is 38.2 Å². The predicted molar refractivity (Wildman–Crippen MR) is 55.7 cm³/mol. The van der Waals surface area contributed by atoms with E-state index in [1.54, 1.807) is 0 Å². The minimum atomic E-state index is -0.861. The van der Waals surface area contributed by atoms with Gasteiger partial charge in [0.15, 0.2) is 0 Å². The van der Waals surface area contributed by atoms with E-state index in [0.29, 0.717) is 12.8 Å². The van der Waals surface area contributed by atoms with E-state index in [2.05, 4.69) is 0 Å². The quantitative estimate of drug-likeness (QED) is 0.430. The van der Waals surface area contributed by atoms with Crippen LogP contribution in [0.15, 0.2) is 0 Å². The second-order valence-corrected chi connectivity index (χ2v) is 3.31. The summed E-state index contributed by atoms with van der Waals surface area (Å²) in [6.45, 7) is 0.134. The maximum absolute atomic E-state index is 11.0. The Bertz CT molecular complexity index is 252. The first kappa shape index (κ1) is 14.6. The zero-order valence-corrected chi connectivity index (χ0v) is 9.11. The van der Waals surface area contributed by atoms with Crippen LogP contribution in [0.4, 0.5) is 0 Å². The molecular weight excluding hydrogens is 214 g/mol. The maximum atomic E-state index is 11.0. The number of esters is 1. The number of ketones is 1. The van der Waals surface area contributed by atoms with Crippen LogP contribution >= 0.6 is 0 Å². The number of carboxylic acids is 1. The number of unbranched alkanes of at least 4 members (excludes halogenated alkanes) is 1. The van der Waals surface area contributed by atoms with Crippen LogP contribution in [0, 0.1) is 0 Å². The largest absolute Gasteiger partial charge is 0.481 e. The van der Waals surface area contributed by atoms with Crippen LogP contribution in [-0.2, 0) is 19.1 Å². The van der Waals surface area contributed by atoms with Gasteiger partial charge in [0.05, 0.1) is 19.6 Å². The van der Waals surface area contributed by atoms with Gasteiger partial charge in [-0.15, -0.1) is 0 Å². The van der Waals surface area contributed by atoms with Crippen LogP contribution in [0.3, 0.4) is 0 Å². The highest BCUT2D eigenvalue weighted by Crippen LogP contribution is 1.99. The molecule has 0 bridgehead atoms. The molecule has 0 aliphatic heterocycles. The summed E-state index contributed by atoms with van der Waals surface area (Å²) >= 11 is 0. The number of carboxylic acid groups (broad SMARTS) is 1. The first-order valence-electron chi connectivity index (χ1n) is 5.15. The van der Waals surface area contributed by atoms with Gasteiger partial charge in [0.25, 0.3) is 0 Å². The Labute approximate surface area is 93.8 Å². The Morgan fingerprint density at radius 3 is 2.31 bits per heavy atom. The summed E-state index contributed by atoms with van der Waals surface area (Å²) in [6, 6.07) is 0. The number of hydrogen-bond acceptors (Lipinski definition) is 5. The number of carbonyl (C=O) groups is 3. The van der Waals surface area contributed by atoms with Crippen molar-refractivity contribution < 1.29 is 24.2 Å². The third-order valence-corrected chi connectivity index (χ3v) is 1.88. The topological polar surface area (TPSA) is 107 Å². The first-order valence-corrected chi connectivity index (χ1v) is 5.15. The molecule has 0 heterocycles. The van der Waals surface area contributed by atoms with Crippen molar-refractivity contribution in [1.29, 1.82) is 0 Å². The minimum absolute atomic E-state index is 0.0367. The number of Topliss-reactive ketones (excluding diaryl/α,β-unsaturated/α-hetero) is 1. The number of ether oxygens (including phenoxy) is 1. The van der Waals surface area contributed by atoms with E-state index in [0.717, 1.165) is 0 Å². The number of aliphatic carboxylic acids is 1. The van der Waals surface area contributed by atoms with Gasteiger partial charge < -0.3 is 15.6 Å². The van der Waals surface area contributed by atoms with Crippen LogP contribution in [0.5, 0.6) is 0 Å². The Hall–Kier alpha value is -1.43. The van der Waals surface area contributed by atoms with Crippen LogP contribution in [0.1, 0.15) is 32.1 Å². The average Bonchev–Trinajstić information content (AvgIpc) is 2.24. The van der Waals surface area contributed by atoms with Gasteiger partial charge in [-0.1, -0.05) is 0 Å². The Kier molecular flexibility index (Phi) is 8.05. The van der Waals surface area contributed by atoms with Crippen molar-refractivity contribution in [1.82, 2.24) is 0 Å². The van der Waals surface area contributed by atoms with Crippen LogP contribution in [0.2, 0.25) is 0 Å². The second kappa shape index (κ2) is 8.84. The van der Waals surface area contributed by atoms with Gasteiger partial charge in [-0.3, -0.25) is 14.4 Å². The fourth-order valence-electron chi connectivity index (χ4n) is 0.980. The van der Waals surface area contributed by atoms with Crippen molar-refractivity contribution >= 4 is 17.7 Å². The SMILES string of the molecule is NCC(=O)CCC(=O)OCCCCC(=O)O. The minimum Gasteiger partial charge on any atom is -0.481 e. The Morgan fingerprint density at radius 1 is 1.06 bits per heavy atom. The van der Waals surface area contributed by atoms with Gasteiger partial charge >= 0.3 is 11.9 Å². The van der Waals surface area contributed by atoms with Crippen molar-refractivity contribution in [3.8, 4) is 0 Å². The molecule has 0 atom stereocenters. The third-order valence-electron chi connectivity index (χ3n) is 1.88. The average molecular weight is 231 g/mol. The maximum Gasteiger partial charge on any atom is 0.306 e. The molecule has 3 N–H and O–H groups in total. The highest BCUT2D eigenvalue weighted by molar-refractivity contribution is 5.84. The molecule has 92 valence electrons. The van der Waals surface area contributed by atoms with Crippen molar-refractivity contribution in [2.75, 3.05) is 13.2 Å². The Balaban J connectivity index is 3.37. The molecule has 0 fully saturated rings. The standard InChI is InChI=1S/C10H17NO5/c11-7-8(12)4-5-10(15)16-6-2-1-3-9(13)14/h1-7,11H2,(H,13,14). The summed E-state index contributed by atoms with van der Waals surface area (Å²) < 4.78 is 4.79. The lowest BCUT2D eigenvalue weighted by molar-refractivity contribution is -0.144. The van der Waals surface area contributed by atoms with E-state index >= 15 is 0 Å². The molecule has 0 aliphatic carbocycles. The fourth-order valence-corrected chi connectivity index (χ4v) is 0.980. The second-order valence-electron chi connectivity index (χ2n) is 3.31. The van der Waals surface area contributed by atoms with Gasteiger partial charge in [-0.2, -0.15) is 0 Å². The summed E-state index contributed by atoms with van der Waals surface area (Å²) in [4.78, 5) is 31.9. The van der Waals surface area contributed by atoms with E-state index < -0.39 is 11.9 Å². The number of rotatable bonds is 9. The normalized spacial score (nSPS) is 9.81. The molecule has 0 aliphatic rings. The van der Waals surface area contributed by atoms with Crippen LogP contribution < -0.4 is 5.73 Å². The predicted octanol–water partition coefficient (Wildman–Crippen LogP) is 0.0925. The number of hydrogen-bond donors (Lipinski definition) is 2. The number of nitrogens with two attached hydrogens (primary N) is 1. The molecule has 0 saturated carbocycles. The molecule has 6 nitrogen and oxygen atoms in total. The van der Waals surface area contributed by atoms with E-state index in [1.165, 1.54) is 0 Å². The summed E-state index contributed by atoms with van der Waals surface area (Å²) in [5.74, 6) is -1.49. The molecule has 0 rings (SSSR count). The van der Waals surface area contributed by atoms with Crippen LogP contribution in [0.25, 0.3) is 0 Å². The van der Waals surface area contributed by atoms with Crippen molar-refractivity contribution in [3.63, 3.8) is 0 Å². The first-order chi connectivity index (χ1) is 7.56. The van der Waals surface area contributed by atoms with Crippen molar-refractivity contribution in [3.05, 3.63) is 0 Å². The Morgan fingerprint density at radius 2 is 1.75 bits per heavy atom. The molecule has 6 heteroatoms. The lowest BCUT2D eigenvalue weighted by atomic mass is 10.2. The molecular formula is C10H17NO5. The fraction of sp³-hybridized carbons (Fsp3) is 0.700. The molecule has 16 heavy (non-hydrogen) atoms. The third kappa shape index (κ3) is 9.14. The monoisotopic (exact) mass is 231 g/mol. The summed E-state index contributed by atoms with van der Waals surface area (Å²) in [5, 5.41) is 8.34. The summed E-state index contributed by atoms with van der Waals surface area (Å²) in [6.07, 6.45) is 1.20. The lowest BCUT2D eigenvalue weighted by Crippen LogP contribution is -2.15. The smallest absolute Gasteiger partial charge is 0.306 e. The van der Waals surface area contributed by atoms with Gasteiger partial charge in [-0.05, 0) is 12.8 Å². The molecule has 0 radical (unpaired) electrons. The van der Waals surface area contributed by atoms with Gasteiger partial charge in [0.2, 0.25) is 0 Å². The van der Waals surface area contributed by atoms with E-state index in [4.69, 9.17) is 15.6 Å². The van der Waals surface area contributed by atoms with Crippen molar-refractivity contribution in [2.24, 2.45) is 5.73 Å². The van der Waals surface area contributed by atoms with Gasteiger partial charge in [0, 0.05) is 12.8 Å². The van der Waals surface area contributed by atoms with E-state index in [1.807, 2.05) is 0 Å². The zero-order valence-electron chi connectivity index (χ0n) is 9.11. The molecule has 0 aromatic carbocycles. The van der Waals surface area contributed by atoms with Gasteiger partial charge in [0.1, 0.15) is 5.78 Å². The molecule has 0 saturated heterocycles. The molecule has 0 spiro atoms. The zero-order chi connectivity index (χ0) is 12.4. The molecule has 0 unspecified atom stereocenters. The molecule has 0 aromatic heterocycles. The molecule has 0 aromatic rings. The summed E-state index contributed by atoms with van der Waals surface area (Å²) in [7, 11) is 0. The highest BCUT2D eigenvalue weighted by Gasteiger charge is 2.06. The number of carbonyl (C=O) groups excluding carboxylic acids is 2.